The van der Waals surface area contributed by atoms with E-state index in [0.717, 1.165) is 50.4 Å². The highest BCUT2D eigenvalue weighted by molar-refractivity contribution is 5.55. The predicted molar refractivity (Wildman–Crippen MR) is 82.7 cm³/mol. The number of nitrogens with one attached hydrogen (secondary N) is 1. The van der Waals surface area contributed by atoms with Gasteiger partial charge in [-0.3, -0.25) is 0 Å². The number of piperazine rings is 1. The van der Waals surface area contributed by atoms with E-state index in [2.05, 4.69) is 36.0 Å². The molecule has 0 amide bonds. The van der Waals surface area contributed by atoms with Crippen LogP contribution in [0.15, 0.2) is 18.2 Å². The molecule has 1 atom stereocenters. The van der Waals surface area contributed by atoms with Crippen molar-refractivity contribution in [1.82, 2.24) is 10.2 Å². The smallest absolute Gasteiger partial charge is 0.146 e. The van der Waals surface area contributed by atoms with Crippen molar-refractivity contribution in [1.29, 1.82) is 0 Å². The summed E-state index contributed by atoms with van der Waals surface area (Å²) in [5.41, 5.74) is 1.85. The minimum absolute atomic E-state index is 0.0995. The SMILES string of the molecule is CCCNCc1cccc(F)c1N1CCN(C)C(C)C1. The van der Waals surface area contributed by atoms with Crippen LogP contribution in [0.5, 0.6) is 0 Å². The molecule has 1 unspecified atom stereocenters. The van der Waals surface area contributed by atoms with Crippen LogP contribution in [0.1, 0.15) is 25.8 Å². The van der Waals surface area contributed by atoms with Gasteiger partial charge in [0.05, 0.1) is 5.69 Å². The molecule has 1 heterocycles. The summed E-state index contributed by atoms with van der Waals surface area (Å²) >= 11 is 0. The summed E-state index contributed by atoms with van der Waals surface area (Å²) < 4.78 is 14.3. The Morgan fingerprint density at radius 2 is 2.15 bits per heavy atom. The lowest BCUT2D eigenvalue weighted by atomic mass is 10.1. The largest absolute Gasteiger partial charge is 0.366 e. The highest BCUT2D eigenvalue weighted by atomic mass is 19.1. The molecule has 0 spiro atoms. The van der Waals surface area contributed by atoms with Gasteiger partial charge < -0.3 is 15.1 Å². The molecule has 1 aromatic carbocycles. The average Bonchev–Trinajstić information content (AvgIpc) is 2.43. The van der Waals surface area contributed by atoms with Crippen LogP contribution in [0.3, 0.4) is 0 Å². The third-order valence-corrected chi connectivity index (χ3v) is 4.09. The number of halogens is 1. The second-order valence-electron chi connectivity index (χ2n) is 5.70. The predicted octanol–water partition coefficient (Wildman–Crippen LogP) is 2.47. The minimum atomic E-state index is -0.0995. The number of anilines is 1. The zero-order chi connectivity index (χ0) is 14.5. The fourth-order valence-corrected chi connectivity index (χ4v) is 2.71. The number of hydrogen-bond donors (Lipinski definition) is 1. The van der Waals surface area contributed by atoms with Crippen LogP contribution >= 0.6 is 0 Å². The van der Waals surface area contributed by atoms with E-state index in [-0.39, 0.29) is 5.82 Å². The van der Waals surface area contributed by atoms with Crippen molar-refractivity contribution < 1.29 is 4.39 Å². The molecule has 1 aromatic rings. The Hall–Kier alpha value is -1.13. The van der Waals surface area contributed by atoms with E-state index in [1.165, 1.54) is 0 Å². The highest BCUT2D eigenvalue weighted by Crippen LogP contribution is 2.26. The molecule has 1 N–H and O–H groups in total. The topological polar surface area (TPSA) is 18.5 Å². The molecular weight excluding hydrogens is 253 g/mol. The summed E-state index contributed by atoms with van der Waals surface area (Å²) in [6.45, 7) is 8.80. The van der Waals surface area contributed by atoms with Crippen molar-refractivity contribution >= 4 is 5.69 Å². The first-order chi connectivity index (χ1) is 9.63. The molecule has 112 valence electrons. The highest BCUT2D eigenvalue weighted by Gasteiger charge is 2.24. The Kier molecular flexibility index (Phi) is 5.38. The summed E-state index contributed by atoms with van der Waals surface area (Å²) in [7, 11) is 2.13. The Balaban J connectivity index is 2.16. The average molecular weight is 279 g/mol. The second kappa shape index (κ2) is 7.04. The van der Waals surface area contributed by atoms with Crippen molar-refractivity contribution in [2.24, 2.45) is 0 Å². The lowest BCUT2D eigenvalue weighted by Crippen LogP contribution is -2.50. The number of likely N-dealkylation sites (N-methyl/N-ethyl adjacent to an activating group) is 1. The van der Waals surface area contributed by atoms with Crippen LogP contribution in [-0.4, -0.2) is 44.2 Å². The normalized spacial score (nSPS) is 20.4. The van der Waals surface area contributed by atoms with E-state index < -0.39 is 0 Å². The number of rotatable bonds is 5. The van der Waals surface area contributed by atoms with Gasteiger partial charge in [0.15, 0.2) is 0 Å². The third kappa shape index (κ3) is 3.49. The summed E-state index contributed by atoms with van der Waals surface area (Å²) in [6.07, 6.45) is 1.09. The molecule has 0 aliphatic carbocycles. The Morgan fingerprint density at radius 3 is 2.85 bits per heavy atom. The molecule has 3 nitrogen and oxygen atoms in total. The van der Waals surface area contributed by atoms with E-state index in [9.17, 15) is 4.39 Å². The van der Waals surface area contributed by atoms with Crippen LogP contribution in [-0.2, 0) is 6.54 Å². The fourth-order valence-electron chi connectivity index (χ4n) is 2.71. The van der Waals surface area contributed by atoms with Crippen LogP contribution < -0.4 is 10.2 Å². The number of para-hydroxylation sites is 1. The van der Waals surface area contributed by atoms with Crippen molar-refractivity contribution in [2.45, 2.75) is 32.9 Å². The molecule has 1 aliphatic rings. The lowest BCUT2D eigenvalue weighted by molar-refractivity contribution is 0.233. The number of hydrogen-bond acceptors (Lipinski definition) is 3. The van der Waals surface area contributed by atoms with E-state index in [4.69, 9.17) is 0 Å². The van der Waals surface area contributed by atoms with Crippen molar-refractivity contribution in [3.63, 3.8) is 0 Å². The van der Waals surface area contributed by atoms with Gasteiger partial charge in [-0.1, -0.05) is 19.1 Å². The monoisotopic (exact) mass is 279 g/mol. The van der Waals surface area contributed by atoms with Crippen LogP contribution in [0.4, 0.5) is 10.1 Å². The van der Waals surface area contributed by atoms with Gasteiger partial charge in [-0.25, -0.2) is 4.39 Å². The molecule has 20 heavy (non-hydrogen) atoms. The Bertz CT molecular complexity index is 436. The Morgan fingerprint density at radius 1 is 1.35 bits per heavy atom. The maximum absolute atomic E-state index is 14.3. The van der Waals surface area contributed by atoms with Crippen LogP contribution in [0.2, 0.25) is 0 Å². The molecule has 0 radical (unpaired) electrons. The molecule has 1 saturated heterocycles. The first-order valence-corrected chi connectivity index (χ1v) is 7.56. The molecular formula is C16H26FN3. The summed E-state index contributed by atoms with van der Waals surface area (Å²) in [4.78, 5) is 4.52. The molecule has 1 aliphatic heterocycles. The van der Waals surface area contributed by atoms with Crippen LogP contribution in [0.25, 0.3) is 0 Å². The molecule has 0 bridgehead atoms. The number of benzene rings is 1. The summed E-state index contributed by atoms with van der Waals surface area (Å²) in [5.74, 6) is -0.0995. The van der Waals surface area contributed by atoms with E-state index >= 15 is 0 Å². The number of nitrogens with zero attached hydrogens (tertiary/aromatic N) is 2. The van der Waals surface area contributed by atoms with E-state index in [1.54, 1.807) is 12.1 Å². The van der Waals surface area contributed by atoms with Crippen molar-refractivity contribution in [2.75, 3.05) is 38.1 Å². The Labute approximate surface area is 121 Å². The van der Waals surface area contributed by atoms with Gasteiger partial charge in [-0.15, -0.1) is 0 Å². The standard InChI is InChI=1S/C16H26FN3/c1-4-8-18-11-14-6-5-7-15(17)16(14)20-10-9-19(3)13(2)12-20/h5-7,13,18H,4,8-12H2,1-3H3. The van der Waals surface area contributed by atoms with Gasteiger partial charge in [0.25, 0.3) is 0 Å². The minimum Gasteiger partial charge on any atom is -0.366 e. The maximum Gasteiger partial charge on any atom is 0.146 e. The van der Waals surface area contributed by atoms with E-state index in [0.29, 0.717) is 6.04 Å². The van der Waals surface area contributed by atoms with E-state index in [1.807, 2.05) is 6.07 Å². The quantitative estimate of drug-likeness (QED) is 0.835. The van der Waals surface area contributed by atoms with Crippen LogP contribution in [0, 0.1) is 5.82 Å². The molecule has 4 heteroatoms. The van der Waals surface area contributed by atoms with Gasteiger partial charge in [0, 0.05) is 32.2 Å². The first kappa shape index (κ1) is 15.3. The molecule has 0 saturated carbocycles. The lowest BCUT2D eigenvalue weighted by Gasteiger charge is -2.39. The molecule has 0 aromatic heterocycles. The van der Waals surface area contributed by atoms with Crippen molar-refractivity contribution in [3.8, 4) is 0 Å². The fraction of sp³-hybridized carbons (Fsp3) is 0.625. The van der Waals surface area contributed by atoms with Crippen molar-refractivity contribution in [3.05, 3.63) is 29.6 Å². The first-order valence-electron chi connectivity index (χ1n) is 7.56. The summed E-state index contributed by atoms with van der Waals surface area (Å²) in [6, 6.07) is 5.87. The van der Waals surface area contributed by atoms with Gasteiger partial charge >= 0.3 is 0 Å². The second-order valence-corrected chi connectivity index (χ2v) is 5.70. The molecule has 2 rings (SSSR count). The van der Waals surface area contributed by atoms with Gasteiger partial charge in [-0.2, -0.15) is 0 Å². The third-order valence-electron chi connectivity index (χ3n) is 4.09. The van der Waals surface area contributed by atoms with Gasteiger partial charge in [0.2, 0.25) is 0 Å². The van der Waals surface area contributed by atoms with Gasteiger partial charge in [0.1, 0.15) is 5.82 Å². The molecule has 1 fully saturated rings. The summed E-state index contributed by atoms with van der Waals surface area (Å²) in [5, 5.41) is 3.37. The zero-order valence-electron chi connectivity index (χ0n) is 12.8. The van der Waals surface area contributed by atoms with Gasteiger partial charge in [-0.05, 0) is 38.6 Å². The zero-order valence-corrected chi connectivity index (χ0v) is 12.8. The maximum atomic E-state index is 14.3.